The molecule has 3 aromatic rings. The number of rotatable bonds is 5. The highest BCUT2D eigenvalue weighted by atomic mass is 32.1. The van der Waals surface area contributed by atoms with Gasteiger partial charge >= 0.3 is 12.1 Å². The molecule has 10 heteroatoms. The highest BCUT2D eigenvalue weighted by Crippen LogP contribution is 2.36. The van der Waals surface area contributed by atoms with Gasteiger partial charge in [-0.2, -0.15) is 13.2 Å². The van der Waals surface area contributed by atoms with Crippen molar-refractivity contribution in [2.45, 2.75) is 44.8 Å². The molecule has 3 heterocycles. The van der Waals surface area contributed by atoms with Crippen LogP contribution in [0.4, 0.5) is 13.2 Å². The first-order valence-corrected chi connectivity index (χ1v) is 11.7. The highest BCUT2D eigenvalue weighted by Gasteiger charge is 2.49. The van der Waals surface area contributed by atoms with E-state index in [1.54, 1.807) is 24.3 Å². The third-order valence-corrected chi connectivity index (χ3v) is 7.40. The summed E-state index contributed by atoms with van der Waals surface area (Å²) in [6.07, 6.45) is -4.98. The van der Waals surface area contributed by atoms with E-state index in [4.69, 9.17) is 0 Å². The molecule has 0 saturated carbocycles. The van der Waals surface area contributed by atoms with Crippen molar-refractivity contribution in [1.29, 1.82) is 0 Å². The molecular weight excluding hydrogens is 459 g/mol. The Morgan fingerprint density at radius 3 is 2.50 bits per heavy atom. The fraction of sp³-hybridized carbons (Fsp3) is 0.364. The van der Waals surface area contributed by atoms with Gasteiger partial charge in [-0.25, -0.2) is 9.97 Å². The summed E-state index contributed by atoms with van der Waals surface area (Å²) in [7, 11) is 0. The van der Waals surface area contributed by atoms with Gasteiger partial charge in [0, 0.05) is 17.8 Å². The molecule has 4 rings (SSSR count). The van der Waals surface area contributed by atoms with Gasteiger partial charge in [-0.15, -0.1) is 22.7 Å². The summed E-state index contributed by atoms with van der Waals surface area (Å²) < 4.78 is 39.6. The van der Waals surface area contributed by atoms with E-state index in [1.807, 2.05) is 25.3 Å². The minimum absolute atomic E-state index is 0.116. The maximum atomic E-state index is 13.2. The van der Waals surface area contributed by atoms with Gasteiger partial charge in [0.1, 0.15) is 5.01 Å². The molecule has 5 nitrogen and oxygen atoms in total. The van der Waals surface area contributed by atoms with Gasteiger partial charge in [0.25, 0.3) is 0 Å². The first-order chi connectivity index (χ1) is 15.1. The quantitative estimate of drug-likeness (QED) is 0.520. The van der Waals surface area contributed by atoms with Gasteiger partial charge in [0.2, 0.25) is 0 Å². The fourth-order valence-corrected chi connectivity index (χ4v) is 5.78. The zero-order chi connectivity index (χ0) is 23.0. The summed E-state index contributed by atoms with van der Waals surface area (Å²) in [6, 6.07) is 7.88. The van der Waals surface area contributed by atoms with E-state index in [9.17, 15) is 22.8 Å². The second kappa shape index (κ2) is 8.74. The van der Waals surface area contributed by atoms with E-state index >= 15 is 0 Å². The number of hydrogen-bond donors (Lipinski definition) is 0. The molecule has 0 aliphatic carbocycles. The standard InChI is InChI=1S/C22H20F3N3O2S2/c1-12-20(32-13(2)26-12)16-11-31-19(27-16)9-18(29)17-8-15(14-6-4-3-5-7-14)10-28(17)21(30)22(23,24)25/h3-7,11,15,17H,8-10H2,1-2H3/t15-,17+/m1/s1. The minimum atomic E-state index is -5.03. The van der Waals surface area contributed by atoms with E-state index in [-0.39, 0.29) is 25.3 Å². The molecule has 1 aliphatic heterocycles. The summed E-state index contributed by atoms with van der Waals surface area (Å²) in [4.78, 5) is 35.6. The Kier molecular flexibility index (Phi) is 6.17. The van der Waals surface area contributed by atoms with Crippen molar-refractivity contribution in [2.24, 2.45) is 0 Å². The second-order valence-electron chi connectivity index (χ2n) is 7.73. The molecule has 2 atom stereocenters. The molecule has 0 spiro atoms. The lowest BCUT2D eigenvalue weighted by atomic mass is 9.95. The topological polar surface area (TPSA) is 63.2 Å². The maximum absolute atomic E-state index is 13.2. The van der Waals surface area contributed by atoms with E-state index in [1.165, 1.54) is 22.7 Å². The van der Waals surface area contributed by atoms with Crippen molar-refractivity contribution in [3.8, 4) is 10.6 Å². The Labute approximate surface area is 190 Å². The number of aryl methyl sites for hydroxylation is 2. The Hall–Kier alpha value is -2.59. The summed E-state index contributed by atoms with van der Waals surface area (Å²) in [5, 5.41) is 3.24. The molecule has 0 N–H and O–H groups in total. The number of amides is 1. The number of benzene rings is 1. The first kappa shape index (κ1) is 22.6. The van der Waals surface area contributed by atoms with Crippen molar-refractivity contribution >= 4 is 34.4 Å². The average molecular weight is 480 g/mol. The summed E-state index contributed by atoms with van der Waals surface area (Å²) in [6.45, 7) is 3.64. The molecule has 0 unspecified atom stereocenters. The second-order valence-corrected chi connectivity index (χ2v) is 9.88. The lowest BCUT2D eigenvalue weighted by molar-refractivity contribution is -0.186. The molecule has 1 aliphatic rings. The normalized spacial score (nSPS) is 18.8. The number of thiazole rings is 2. The number of halogens is 3. The monoisotopic (exact) mass is 479 g/mol. The van der Waals surface area contributed by atoms with Crippen molar-refractivity contribution in [2.75, 3.05) is 6.54 Å². The van der Waals surface area contributed by atoms with Gasteiger partial charge in [-0.3, -0.25) is 9.59 Å². The van der Waals surface area contributed by atoms with Crippen molar-refractivity contribution in [1.82, 2.24) is 14.9 Å². The van der Waals surface area contributed by atoms with E-state index in [2.05, 4.69) is 9.97 Å². The van der Waals surface area contributed by atoms with Crippen LogP contribution in [0, 0.1) is 13.8 Å². The Morgan fingerprint density at radius 2 is 1.88 bits per heavy atom. The number of carbonyl (C=O) groups excluding carboxylic acids is 2. The van der Waals surface area contributed by atoms with Crippen LogP contribution in [0.2, 0.25) is 0 Å². The molecule has 32 heavy (non-hydrogen) atoms. The third-order valence-electron chi connectivity index (χ3n) is 5.46. The SMILES string of the molecule is Cc1nc(C)c(-c2csc(CC(=O)[C@@H]3C[C@@H](c4ccccc4)CN3C(=O)C(F)(F)F)n2)s1. The van der Waals surface area contributed by atoms with Crippen LogP contribution in [0.15, 0.2) is 35.7 Å². The lowest BCUT2D eigenvalue weighted by Crippen LogP contribution is -2.47. The van der Waals surface area contributed by atoms with Gasteiger partial charge in [0.05, 0.1) is 33.7 Å². The zero-order valence-corrected chi connectivity index (χ0v) is 19.0. The largest absolute Gasteiger partial charge is 0.471 e. The number of aromatic nitrogens is 2. The third kappa shape index (κ3) is 4.61. The molecule has 1 saturated heterocycles. The Balaban J connectivity index is 1.55. The minimum Gasteiger partial charge on any atom is -0.324 e. The molecule has 0 radical (unpaired) electrons. The smallest absolute Gasteiger partial charge is 0.324 e. The van der Waals surface area contributed by atoms with Crippen molar-refractivity contribution < 1.29 is 22.8 Å². The zero-order valence-electron chi connectivity index (χ0n) is 17.3. The van der Waals surface area contributed by atoms with E-state index in [0.29, 0.717) is 15.6 Å². The molecule has 1 amide bonds. The van der Waals surface area contributed by atoms with Crippen LogP contribution in [-0.2, 0) is 16.0 Å². The van der Waals surface area contributed by atoms with Crippen LogP contribution in [0.3, 0.4) is 0 Å². The number of ketones is 1. The fourth-order valence-electron chi connectivity index (χ4n) is 4.03. The number of Topliss-reactive ketones (excluding diaryl/α,β-unsaturated/α-hetero) is 1. The Morgan fingerprint density at radius 1 is 1.16 bits per heavy atom. The van der Waals surface area contributed by atoms with Crippen LogP contribution in [0.5, 0.6) is 0 Å². The summed E-state index contributed by atoms with van der Waals surface area (Å²) in [5.41, 5.74) is 2.37. The number of alkyl halides is 3. The average Bonchev–Trinajstić information content (AvgIpc) is 3.45. The summed E-state index contributed by atoms with van der Waals surface area (Å²) >= 11 is 2.78. The molecule has 2 aromatic heterocycles. The predicted molar refractivity (Wildman–Crippen MR) is 117 cm³/mol. The summed E-state index contributed by atoms with van der Waals surface area (Å²) in [5.74, 6) is -2.73. The first-order valence-electron chi connectivity index (χ1n) is 9.97. The molecule has 1 aromatic carbocycles. The molecule has 1 fully saturated rings. The van der Waals surface area contributed by atoms with Crippen molar-refractivity contribution in [3.63, 3.8) is 0 Å². The number of nitrogens with zero attached hydrogens (tertiary/aromatic N) is 3. The number of carbonyl (C=O) groups is 2. The van der Waals surface area contributed by atoms with Gasteiger partial charge in [-0.05, 0) is 25.8 Å². The maximum Gasteiger partial charge on any atom is 0.471 e. The van der Waals surface area contributed by atoms with Gasteiger partial charge in [-0.1, -0.05) is 30.3 Å². The van der Waals surface area contributed by atoms with Crippen LogP contribution in [0.25, 0.3) is 10.6 Å². The number of hydrogen-bond acceptors (Lipinski definition) is 6. The lowest BCUT2D eigenvalue weighted by Gasteiger charge is -2.24. The number of likely N-dealkylation sites (tertiary alicyclic amines) is 1. The van der Waals surface area contributed by atoms with Crippen LogP contribution in [-0.4, -0.2) is 45.3 Å². The van der Waals surface area contributed by atoms with Gasteiger partial charge in [0.15, 0.2) is 5.78 Å². The molecular formula is C22H20F3N3O2S2. The van der Waals surface area contributed by atoms with E-state index in [0.717, 1.165) is 21.1 Å². The molecule has 0 bridgehead atoms. The van der Waals surface area contributed by atoms with Crippen LogP contribution in [0.1, 0.15) is 33.6 Å². The van der Waals surface area contributed by atoms with Crippen LogP contribution < -0.4 is 0 Å². The Bertz CT molecular complexity index is 1140. The van der Waals surface area contributed by atoms with Crippen molar-refractivity contribution in [3.05, 3.63) is 57.0 Å². The van der Waals surface area contributed by atoms with Crippen LogP contribution >= 0.6 is 22.7 Å². The van der Waals surface area contributed by atoms with Gasteiger partial charge < -0.3 is 4.90 Å². The predicted octanol–water partition coefficient (Wildman–Crippen LogP) is 4.94. The highest BCUT2D eigenvalue weighted by molar-refractivity contribution is 7.16. The van der Waals surface area contributed by atoms with E-state index < -0.39 is 23.9 Å². The molecule has 168 valence electrons.